The Labute approximate surface area is 246 Å². The number of carboxylic acids is 2. The van der Waals surface area contributed by atoms with Gasteiger partial charge in [-0.15, -0.1) is 0 Å². The molecule has 8 nitrogen and oxygen atoms in total. The van der Waals surface area contributed by atoms with Crippen molar-refractivity contribution in [2.75, 3.05) is 0 Å². The Bertz CT molecular complexity index is 1770. The van der Waals surface area contributed by atoms with Crippen molar-refractivity contribution in [1.82, 2.24) is 15.3 Å². The van der Waals surface area contributed by atoms with Crippen LogP contribution in [0.15, 0.2) is 38.7 Å². The van der Waals surface area contributed by atoms with Gasteiger partial charge in [0, 0.05) is 40.6 Å². The summed E-state index contributed by atoms with van der Waals surface area (Å²) in [6.45, 7) is 12.7. The summed E-state index contributed by atoms with van der Waals surface area (Å²) in [6, 6.07) is 0.0462. The van der Waals surface area contributed by atoms with Crippen molar-refractivity contribution < 1.29 is 19.8 Å². The van der Waals surface area contributed by atoms with Crippen LogP contribution in [0.2, 0.25) is 0 Å². The Morgan fingerprint density at radius 1 is 0.810 bits per heavy atom. The molecule has 220 valence electrons. The summed E-state index contributed by atoms with van der Waals surface area (Å²) in [4.78, 5) is 35.4. The van der Waals surface area contributed by atoms with Crippen LogP contribution in [0.1, 0.15) is 87.0 Å². The maximum absolute atomic E-state index is 11.5. The van der Waals surface area contributed by atoms with Gasteiger partial charge >= 0.3 is 11.9 Å². The van der Waals surface area contributed by atoms with Gasteiger partial charge in [-0.3, -0.25) is 9.59 Å². The van der Waals surface area contributed by atoms with Gasteiger partial charge in [-0.2, -0.15) is 0 Å². The smallest absolute Gasteiger partial charge is 0.303 e. The zero-order chi connectivity index (χ0) is 30.3. The van der Waals surface area contributed by atoms with Crippen LogP contribution in [0.4, 0.5) is 0 Å². The number of allylic oxidation sites excluding steroid dienone is 3. The van der Waals surface area contributed by atoms with Crippen LogP contribution >= 0.6 is 0 Å². The van der Waals surface area contributed by atoms with E-state index in [4.69, 9.17) is 4.99 Å². The lowest BCUT2D eigenvalue weighted by molar-refractivity contribution is -0.138. The third-order valence-electron chi connectivity index (χ3n) is 8.96. The molecule has 1 atom stereocenters. The second-order valence-electron chi connectivity index (χ2n) is 11.4. The number of hydrogen-bond donors (Lipinski definition) is 5. The van der Waals surface area contributed by atoms with E-state index >= 15 is 0 Å². The summed E-state index contributed by atoms with van der Waals surface area (Å²) in [6.07, 6.45) is 11.0. The van der Waals surface area contributed by atoms with E-state index in [0.717, 1.165) is 68.6 Å². The van der Waals surface area contributed by atoms with E-state index in [0.29, 0.717) is 18.5 Å². The Morgan fingerprint density at radius 3 is 2.19 bits per heavy atom. The lowest BCUT2D eigenvalue weighted by Gasteiger charge is -2.10. The molecule has 3 aliphatic rings. The first-order valence-electron chi connectivity index (χ1n) is 14.8. The van der Waals surface area contributed by atoms with Crippen LogP contribution in [0.25, 0.3) is 24.3 Å². The molecule has 0 fully saturated rings. The number of H-pyrrole nitrogens is 2. The molecular weight excluding hydrogens is 528 g/mol. The van der Waals surface area contributed by atoms with Gasteiger partial charge in [-0.25, -0.2) is 4.99 Å². The molecule has 8 heteroatoms. The minimum absolute atomic E-state index is 0.000847. The topological polar surface area (TPSA) is 131 Å². The molecule has 5 heterocycles. The first-order valence-corrected chi connectivity index (χ1v) is 14.8. The SMILES string of the molecule is CCC1=C(C)C2=Cc3[nH]c(c(CCC(=O)O)c3C)C=C3N=C(C=c4[nH]c(c(C)c4CC)=CC1N2)C(C)=C3CCC(=O)O. The molecule has 5 N–H and O–H groups in total. The van der Waals surface area contributed by atoms with Crippen LogP contribution in [-0.2, 0) is 22.4 Å². The molecule has 0 amide bonds. The predicted molar refractivity (Wildman–Crippen MR) is 167 cm³/mol. The lowest BCUT2D eigenvalue weighted by Crippen LogP contribution is -2.25. The molecule has 0 radical (unpaired) electrons. The largest absolute Gasteiger partial charge is 0.481 e. The average molecular weight is 569 g/mol. The van der Waals surface area contributed by atoms with E-state index in [1.807, 2.05) is 19.9 Å². The van der Waals surface area contributed by atoms with E-state index in [1.165, 1.54) is 22.3 Å². The number of nitrogens with one attached hydrogen (secondary N) is 3. The highest BCUT2D eigenvalue weighted by molar-refractivity contribution is 6.23. The van der Waals surface area contributed by atoms with Gasteiger partial charge in [0.15, 0.2) is 0 Å². The number of aromatic nitrogens is 2. The second kappa shape index (κ2) is 11.5. The number of aliphatic imine (C=N–C) groups is 1. The monoisotopic (exact) mass is 568 g/mol. The molecule has 2 aromatic rings. The number of carbonyl (C=O) groups is 2. The molecule has 0 spiro atoms. The number of aliphatic carboxylic acids is 2. The molecule has 0 saturated carbocycles. The molecule has 2 aromatic heterocycles. The summed E-state index contributed by atoms with van der Waals surface area (Å²) >= 11 is 0. The number of hydrogen-bond acceptors (Lipinski definition) is 4. The summed E-state index contributed by atoms with van der Waals surface area (Å²) < 4.78 is 0. The summed E-state index contributed by atoms with van der Waals surface area (Å²) in [5.74, 6) is -1.71. The predicted octanol–water partition coefficient (Wildman–Crippen LogP) is 4.83. The fourth-order valence-corrected chi connectivity index (χ4v) is 6.49. The molecule has 8 bridgehead atoms. The second-order valence-corrected chi connectivity index (χ2v) is 11.4. The van der Waals surface area contributed by atoms with Crippen LogP contribution in [0.5, 0.6) is 0 Å². The van der Waals surface area contributed by atoms with Gasteiger partial charge in [-0.05, 0) is 122 Å². The van der Waals surface area contributed by atoms with Crippen molar-refractivity contribution in [1.29, 1.82) is 0 Å². The first kappa shape index (κ1) is 29.2. The Hall–Kier alpha value is -4.33. The molecular formula is C34H40N4O4. The molecule has 0 aliphatic carbocycles. The highest BCUT2D eigenvalue weighted by atomic mass is 16.4. The molecule has 1 unspecified atom stereocenters. The zero-order valence-corrected chi connectivity index (χ0v) is 25.3. The summed E-state index contributed by atoms with van der Waals surface area (Å²) in [7, 11) is 0. The molecule has 0 aromatic carbocycles. The number of carboxylic acid groups (broad SMARTS) is 2. The fraction of sp³-hybridized carbons (Fsp3) is 0.382. The number of aromatic amines is 2. The van der Waals surface area contributed by atoms with Crippen molar-refractivity contribution in [2.45, 2.75) is 86.1 Å². The summed E-state index contributed by atoms with van der Waals surface area (Å²) in [5.41, 5.74) is 13.1. The van der Waals surface area contributed by atoms with Crippen LogP contribution in [0.3, 0.4) is 0 Å². The zero-order valence-electron chi connectivity index (χ0n) is 25.3. The van der Waals surface area contributed by atoms with Gasteiger partial charge in [0.1, 0.15) is 0 Å². The highest BCUT2D eigenvalue weighted by Gasteiger charge is 2.26. The van der Waals surface area contributed by atoms with E-state index in [-0.39, 0.29) is 18.9 Å². The van der Waals surface area contributed by atoms with Gasteiger partial charge < -0.3 is 25.5 Å². The molecule has 0 saturated heterocycles. The third kappa shape index (κ3) is 5.33. The number of nitrogens with zero attached hydrogens (tertiary/aromatic N) is 1. The Balaban J connectivity index is 1.81. The highest BCUT2D eigenvalue weighted by Crippen LogP contribution is 2.34. The number of rotatable bonds is 8. The molecule has 5 rings (SSSR count). The minimum Gasteiger partial charge on any atom is -0.481 e. The van der Waals surface area contributed by atoms with E-state index < -0.39 is 11.9 Å². The summed E-state index contributed by atoms with van der Waals surface area (Å²) in [5, 5.41) is 24.8. The van der Waals surface area contributed by atoms with Gasteiger partial charge in [0.05, 0.1) is 17.5 Å². The maximum atomic E-state index is 11.5. The van der Waals surface area contributed by atoms with Gasteiger partial charge in [0.2, 0.25) is 0 Å². The fourth-order valence-electron chi connectivity index (χ4n) is 6.49. The molecule has 3 aliphatic heterocycles. The lowest BCUT2D eigenvalue weighted by atomic mass is 9.98. The average Bonchev–Trinajstić information content (AvgIpc) is 3.59. The number of fused-ring (bicyclic) bond motifs is 7. The Kier molecular flexibility index (Phi) is 7.99. The van der Waals surface area contributed by atoms with E-state index in [9.17, 15) is 19.8 Å². The normalized spacial score (nSPS) is 17.9. The first-order chi connectivity index (χ1) is 20.0. The third-order valence-corrected chi connectivity index (χ3v) is 8.96. The van der Waals surface area contributed by atoms with Crippen LogP contribution < -0.4 is 16.0 Å². The van der Waals surface area contributed by atoms with Crippen LogP contribution in [0, 0.1) is 13.8 Å². The van der Waals surface area contributed by atoms with E-state index in [2.05, 4.69) is 61.2 Å². The minimum atomic E-state index is -0.858. The van der Waals surface area contributed by atoms with Gasteiger partial charge in [0.25, 0.3) is 0 Å². The van der Waals surface area contributed by atoms with Crippen molar-refractivity contribution in [3.05, 3.63) is 78.0 Å². The van der Waals surface area contributed by atoms with Gasteiger partial charge in [-0.1, -0.05) is 13.8 Å². The quantitative estimate of drug-likeness (QED) is 0.311. The Morgan fingerprint density at radius 2 is 1.52 bits per heavy atom. The van der Waals surface area contributed by atoms with Crippen molar-refractivity contribution >= 4 is 42.0 Å². The van der Waals surface area contributed by atoms with Crippen molar-refractivity contribution in [3.63, 3.8) is 0 Å². The maximum Gasteiger partial charge on any atom is 0.303 e. The van der Waals surface area contributed by atoms with E-state index in [1.54, 1.807) is 0 Å². The van der Waals surface area contributed by atoms with Crippen molar-refractivity contribution in [2.24, 2.45) is 4.99 Å². The van der Waals surface area contributed by atoms with Crippen molar-refractivity contribution in [3.8, 4) is 0 Å². The standard InChI is InChI=1S/C34H40N4O4/c1-7-21-17(3)25-13-26-19(5)23(9-11-33(39)40)31(37-26)16-32-24(10-12-34(41)42)20(6)28(38-32)15-30-22(8-2)18(4)27(36-30)14-29(21)35-25/h13-16,29,35-37H,7-12H2,1-6H3,(H,39,40)(H,41,42). The molecule has 42 heavy (non-hydrogen) atoms. The van der Waals surface area contributed by atoms with Crippen LogP contribution in [-0.4, -0.2) is 43.9 Å².